The third-order valence-corrected chi connectivity index (χ3v) is 8.59. The number of aromatic nitrogens is 1. The second kappa shape index (κ2) is 17.6. The van der Waals surface area contributed by atoms with Gasteiger partial charge in [-0.2, -0.15) is 0 Å². The molecule has 0 aliphatic carbocycles. The SMILES string of the molecule is Cc1ccc(C(=O)O)c(C(=O)O)n1.O=C(O)c1cc(C(=O)O)cc(S(=O)(=O)Nc2ccc(Cl)c([N+](=O)[O-])c2)c1.O=C(O)c1cc([N+](=O)[O-])ccc1I. The average molecular weight is 875 g/mol. The van der Waals surface area contributed by atoms with Gasteiger partial charge in [-0.25, -0.2) is 37.4 Å². The molecule has 0 amide bonds. The summed E-state index contributed by atoms with van der Waals surface area (Å²) in [6.45, 7) is 1.60. The molecule has 52 heavy (non-hydrogen) atoms. The number of hydrogen-bond acceptors (Lipinski definition) is 12. The molecule has 1 heterocycles. The van der Waals surface area contributed by atoms with Gasteiger partial charge in [-0.1, -0.05) is 11.6 Å². The van der Waals surface area contributed by atoms with Crippen LogP contribution in [0.4, 0.5) is 17.1 Å². The third-order valence-electron chi connectivity index (χ3n) is 5.96. The summed E-state index contributed by atoms with van der Waals surface area (Å²) in [5.41, 5.74) is -2.35. The van der Waals surface area contributed by atoms with Crippen LogP contribution in [0.5, 0.6) is 0 Å². The Labute approximate surface area is 308 Å². The van der Waals surface area contributed by atoms with Gasteiger partial charge < -0.3 is 25.5 Å². The molecule has 4 aromatic rings. The number of nitro groups is 2. The van der Waals surface area contributed by atoms with E-state index in [9.17, 15) is 52.6 Å². The summed E-state index contributed by atoms with van der Waals surface area (Å²) in [6.07, 6.45) is 0. The molecule has 0 spiro atoms. The van der Waals surface area contributed by atoms with Crippen molar-refractivity contribution in [2.24, 2.45) is 0 Å². The lowest BCUT2D eigenvalue weighted by Gasteiger charge is -2.10. The highest BCUT2D eigenvalue weighted by Crippen LogP contribution is 2.29. The quantitative estimate of drug-likeness (QED) is 0.0683. The molecule has 0 saturated carbocycles. The number of aromatic carboxylic acids is 5. The number of carboxylic acids is 5. The van der Waals surface area contributed by atoms with Gasteiger partial charge in [0.1, 0.15) is 5.02 Å². The summed E-state index contributed by atoms with van der Waals surface area (Å²) in [5.74, 6) is -6.82. The highest BCUT2D eigenvalue weighted by atomic mass is 127. The number of aryl methyl sites for hydroxylation is 1. The lowest BCUT2D eigenvalue weighted by Crippen LogP contribution is -2.15. The van der Waals surface area contributed by atoms with E-state index in [-0.39, 0.29) is 27.5 Å². The number of sulfonamides is 1. The number of carbonyl (C=O) groups is 5. The lowest BCUT2D eigenvalue weighted by molar-refractivity contribution is -0.385. The number of hydrogen-bond donors (Lipinski definition) is 6. The van der Waals surface area contributed by atoms with Gasteiger partial charge in [0.2, 0.25) is 0 Å². The molecule has 0 atom stereocenters. The van der Waals surface area contributed by atoms with Gasteiger partial charge in [-0.15, -0.1) is 0 Å². The number of rotatable bonds is 10. The standard InChI is InChI=1S/C14H9ClN2O8S.C8H7NO4.C7H4INO4/c15-11-2-1-9(6-12(11)17(22)23)16-26(24,25)10-4-7(13(18)19)3-8(5-10)14(20)21;1-4-2-3-5(7(10)11)6(9-4)8(12)13;8-6-2-1-4(9(12)13)3-5(6)7(10)11/h1-6,16H,(H,18,19)(H,20,21);2-3H,1H3,(H,10,11)(H,12,13);1-3H,(H,10,11). The summed E-state index contributed by atoms with van der Waals surface area (Å²) in [6, 6.07) is 11.9. The number of halogens is 2. The van der Waals surface area contributed by atoms with E-state index >= 15 is 0 Å². The Kier molecular flexibility index (Phi) is 14.2. The summed E-state index contributed by atoms with van der Waals surface area (Å²) in [5, 5.41) is 64.8. The highest BCUT2D eigenvalue weighted by Gasteiger charge is 2.22. The maximum absolute atomic E-state index is 12.4. The molecule has 0 saturated heterocycles. The minimum Gasteiger partial charge on any atom is -0.478 e. The minimum atomic E-state index is -4.42. The molecule has 0 aliphatic heterocycles. The van der Waals surface area contributed by atoms with Crippen LogP contribution in [0, 0.1) is 30.7 Å². The number of carboxylic acid groups (broad SMARTS) is 5. The molecule has 1 aromatic heterocycles. The molecule has 0 unspecified atom stereocenters. The van der Waals surface area contributed by atoms with Crippen LogP contribution in [0.2, 0.25) is 5.02 Å². The maximum Gasteiger partial charge on any atom is 0.355 e. The van der Waals surface area contributed by atoms with Crippen LogP contribution < -0.4 is 4.72 Å². The largest absolute Gasteiger partial charge is 0.478 e. The van der Waals surface area contributed by atoms with Crippen LogP contribution in [0.3, 0.4) is 0 Å². The number of non-ortho nitro benzene ring substituents is 1. The monoisotopic (exact) mass is 874 g/mol. The van der Waals surface area contributed by atoms with E-state index < -0.39 is 77.1 Å². The molecule has 272 valence electrons. The van der Waals surface area contributed by atoms with Crippen molar-refractivity contribution in [2.75, 3.05) is 4.72 Å². The maximum atomic E-state index is 12.4. The summed E-state index contributed by atoms with van der Waals surface area (Å²) in [4.78, 5) is 76.5. The zero-order chi connectivity index (χ0) is 39.7. The average Bonchev–Trinajstić information content (AvgIpc) is 3.05. The zero-order valence-corrected chi connectivity index (χ0v) is 29.3. The van der Waals surface area contributed by atoms with Gasteiger partial charge in [0.25, 0.3) is 21.4 Å². The van der Waals surface area contributed by atoms with Gasteiger partial charge in [0.15, 0.2) is 5.69 Å². The van der Waals surface area contributed by atoms with Crippen molar-refractivity contribution in [2.45, 2.75) is 11.8 Å². The van der Waals surface area contributed by atoms with Crippen molar-refractivity contribution < 1.29 is 67.8 Å². The Balaban J connectivity index is 0.000000301. The molecule has 20 nitrogen and oxygen atoms in total. The normalized spacial score (nSPS) is 10.3. The van der Waals surface area contributed by atoms with Crippen molar-refractivity contribution in [3.63, 3.8) is 0 Å². The van der Waals surface area contributed by atoms with Crippen molar-refractivity contribution in [3.8, 4) is 0 Å². The van der Waals surface area contributed by atoms with Crippen LogP contribution in [-0.4, -0.2) is 78.6 Å². The smallest absolute Gasteiger partial charge is 0.355 e. The fourth-order valence-corrected chi connectivity index (χ4v) is 5.49. The molecule has 0 radical (unpaired) electrons. The van der Waals surface area contributed by atoms with E-state index in [2.05, 4.69) is 4.98 Å². The zero-order valence-electron chi connectivity index (χ0n) is 25.6. The van der Waals surface area contributed by atoms with Gasteiger partial charge >= 0.3 is 29.8 Å². The van der Waals surface area contributed by atoms with Crippen LogP contribution in [-0.2, 0) is 10.0 Å². The first-order chi connectivity index (χ1) is 24.0. The number of benzene rings is 3. The van der Waals surface area contributed by atoms with Crippen LogP contribution >= 0.6 is 34.2 Å². The number of pyridine rings is 1. The molecule has 0 bridgehead atoms. The predicted octanol–water partition coefficient (Wildman–Crippen LogP) is 5.13. The van der Waals surface area contributed by atoms with Crippen molar-refractivity contribution in [1.29, 1.82) is 0 Å². The van der Waals surface area contributed by atoms with Gasteiger partial charge in [0, 0.05) is 27.5 Å². The van der Waals surface area contributed by atoms with Crippen molar-refractivity contribution in [1.82, 2.24) is 4.98 Å². The summed E-state index contributed by atoms with van der Waals surface area (Å²) >= 11 is 7.45. The van der Waals surface area contributed by atoms with Crippen LogP contribution in [0.15, 0.2) is 71.6 Å². The van der Waals surface area contributed by atoms with Crippen molar-refractivity contribution in [3.05, 3.63) is 129 Å². The van der Waals surface area contributed by atoms with E-state index in [1.165, 1.54) is 24.3 Å². The molecular weight excluding hydrogens is 855 g/mol. The fraction of sp³-hybridized carbons (Fsp3) is 0.0345. The minimum absolute atomic E-state index is 0.0465. The Morgan fingerprint density at radius 2 is 1.29 bits per heavy atom. The van der Waals surface area contributed by atoms with Crippen LogP contribution in [0.25, 0.3) is 0 Å². The number of nitrogens with one attached hydrogen (secondary N) is 1. The van der Waals surface area contributed by atoms with Gasteiger partial charge in [0.05, 0.1) is 42.7 Å². The van der Waals surface area contributed by atoms with E-state index in [1.807, 2.05) is 27.3 Å². The van der Waals surface area contributed by atoms with E-state index in [0.717, 1.165) is 42.5 Å². The number of nitro benzene ring substituents is 2. The molecule has 3 aromatic carbocycles. The number of nitrogens with zero attached hydrogens (tertiary/aromatic N) is 3. The molecule has 23 heteroatoms. The Hall–Kier alpha value is -6.27. The number of anilines is 1. The van der Waals surface area contributed by atoms with Crippen LogP contribution in [0.1, 0.15) is 57.6 Å². The van der Waals surface area contributed by atoms with E-state index in [1.54, 1.807) is 6.92 Å². The Morgan fingerprint density at radius 1 is 0.731 bits per heavy atom. The second-order valence-corrected chi connectivity index (χ2v) is 12.8. The second-order valence-electron chi connectivity index (χ2n) is 9.57. The van der Waals surface area contributed by atoms with Gasteiger partial charge in [-0.05, 0) is 78.0 Å². The first-order valence-electron chi connectivity index (χ1n) is 13.3. The van der Waals surface area contributed by atoms with Crippen molar-refractivity contribution >= 4 is 91.1 Å². The van der Waals surface area contributed by atoms with Gasteiger partial charge in [-0.3, -0.25) is 25.0 Å². The summed E-state index contributed by atoms with van der Waals surface area (Å²) < 4.78 is 27.3. The van der Waals surface area contributed by atoms with E-state index in [0.29, 0.717) is 9.26 Å². The molecule has 0 fully saturated rings. The molecule has 0 aliphatic rings. The molecule has 4 rings (SSSR count). The molecule has 6 N–H and O–H groups in total. The topological polar surface area (TPSA) is 332 Å². The Bertz CT molecular complexity index is 2220. The molecular formula is C29H20ClIN4O16S. The first-order valence-corrected chi connectivity index (χ1v) is 16.2. The summed E-state index contributed by atoms with van der Waals surface area (Å²) in [7, 11) is -4.42. The van der Waals surface area contributed by atoms with E-state index in [4.69, 9.17) is 37.1 Å². The predicted molar refractivity (Wildman–Crippen MR) is 185 cm³/mol. The first kappa shape index (κ1) is 41.9. The fourth-order valence-electron chi connectivity index (χ4n) is 3.61. The Morgan fingerprint density at radius 3 is 1.75 bits per heavy atom. The highest BCUT2D eigenvalue weighted by molar-refractivity contribution is 14.1. The third kappa shape index (κ3) is 11.4. The lowest BCUT2D eigenvalue weighted by atomic mass is 10.1.